The summed E-state index contributed by atoms with van der Waals surface area (Å²) in [6.45, 7) is 1.55. The number of benzene rings is 2. The molecule has 3 rings (SSSR count). The predicted molar refractivity (Wildman–Crippen MR) is 80.8 cm³/mol. The number of rotatable bonds is 2. The molecule has 0 unspecified atom stereocenters. The highest BCUT2D eigenvalue weighted by atomic mass is 32.2. The summed E-state index contributed by atoms with van der Waals surface area (Å²) in [5.74, 6) is -0.0224. The van der Waals surface area contributed by atoms with Crippen LogP contribution in [0.15, 0.2) is 41.3 Å². The summed E-state index contributed by atoms with van der Waals surface area (Å²) in [5.41, 5.74) is 6.20. The van der Waals surface area contributed by atoms with E-state index in [9.17, 15) is 4.79 Å². The van der Waals surface area contributed by atoms with Gasteiger partial charge < -0.3 is 5.32 Å². The van der Waals surface area contributed by atoms with Gasteiger partial charge in [0.15, 0.2) is 0 Å². The van der Waals surface area contributed by atoms with Crippen LogP contribution in [0.2, 0.25) is 0 Å². The molecule has 19 heavy (non-hydrogen) atoms. The molecule has 0 bridgehead atoms. The Morgan fingerprint density at radius 3 is 2.68 bits per heavy atom. The largest absolute Gasteiger partial charge is 0.325 e. The van der Waals surface area contributed by atoms with Crippen LogP contribution in [0.1, 0.15) is 18.1 Å². The minimum atomic E-state index is -0.0224. The van der Waals surface area contributed by atoms with E-state index in [0.717, 1.165) is 17.0 Å². The van der Waals surface area contributed by atoms with Crippen molar-refractivity contribution in [1.82, 2.24) is 0 Å². The molecule has 0 spiro atoms. The lowest BCUT2D eigenvalue weighted by atomic mass is 10.1. The molecule has 2 nitrogen and oxygen atoms in total. The Morgan fingerprint density at radius 2 is 1.95 bits per heavy atom. The average molecular weight is 269 g/mol. The van der Waals surface area contributed by atoms with Gasteiger partial charge in [-0.3, -0.25) is 4.79 Å². The first kappa shape index (κ1) is 12.3. The first-order valence-electron chi connectivity index (χ1n) is 6.26. The average Bonchev–Trinajstić information content (AvgIpc) is 2.74. The van der Waals surface area contributed by atoms with Gasteiger partial charge in [-0.05, 0) is 47.1 Å². The first-order chi connectivity index (χ1) is 9.19. The molecule has 1 amide bonds. The molecule has 2 aromatic rings. The number of fused-ring (bicyclic) bond motifs is 3. The van der Waals surface area contributed by atoms with Gasteiger partial charge in [-0.1, -0.05) is 24.3 Å². The number of hydrogen-bond donors (Lipinski definition) is 1. The Hall–Kier alpha value is -1.74. The zero-order valence-electron chi connectivity index (χ0n) is 11.0. The molecule has 0 aliphatic heterocycles. The number of hydrogen-bond acceptors (Lipinski definition) is 2. The number of nitrogens with one attached hydrogen (secondary N) is 1. The lowest BCUT2D eigenvalue weighted by molar-refractivity contribution is -0.114. The Bertz CT molecular complexity index is 664. The number of amides is 1. The molecule has 3 heteroatoms. The standard InChI is InChI=1S/C16H15NOS/c1-10(18)17-15-8-12-7-11-5-3-4-6-13(11)14(12)9-16(15)19-2/h3-6,8-9H,7H2,1-2H3,(H,17,18). The maximum Gasteiger partial charge on any atom is 0.221 e. The van der Waals surface area contributed by atoms with Gasteiger partial charge in [-0.2, -0.15) is 0 Å². The van der Waals surface area contributed by atoms with Crippen molar-refractivity contribution in [3.05, 3.63) is 47.5 Å². The van der Waals surface area contributed by atoms with E-state index in [1.54, 1.807) is 18.7 Å². The highest BCUT2D eigenvalue weighted by Crippen LogP contribution is 2.41. The topological polar surface area (TPSA) is 29.1 Å². The molecule has 0 aromatic heterocycles. The quantitative estimate of drug-likeness (QED) is 0.714. The Morgan fingerprint density at radius 1 is 1.16 bits per heavy atom. The van der Waals surface area contributed by atoms with Crippen molar-refractivity contribution in [2.75, 3.05) is 11.6 Å². The minimum Gasteiger partial charge on any atom is -0.325 e. The molecule has 1 aliphatic rings. The summed E-state index contributed by atoms with van der Waals surface area (Å²) in [4.78, 5) is 12.4. The second kappa shape index (κ2) is 4.74. The van der Waals surface area contributed by atoms with E-state index in [1.807, 2.05) is 6.26 Å². The van der Waals surface area contributed by atoms with Gasteiger partial charge >= 0.3 is 0 Å². The maximum atomic E-state index is 11.3. The number of anilines is 1. The van der Waals surface area contributed by atoms with Gasteiger partial charge in [0.25, 0.3) is 0 Å². The molecular weight excluding hydrogens is 254 g/mol. The Balaban J connectivity index is 2.12. The molecule has 0 saturated heterocycles. The molecule has 0 saturated carbocycles. The second-order valence-electron chi connectivity index (χ2n) is 4.72. The van der Waals surface area contributed by atoms with Crippen molar-refractivity contribution in [2.45, 2.75) is 18.2 Å². The molecule has 2 aromatic carbocycles. The van der Waals surface area contributed by atoms with Crippen molar-refractivity contribution < 1.29 is 4.79 Å². The van der Waals surface area contributed by atoms with E-state index in [0.29, 0.717) is 0 Å². The third kappa shape index (κ3) is 2.15. The smallest absolute Gasteiger partial charge is 0.221 e. The van der Waals surface area contributed by atoms with Crippen LogP contribution in [0.25, 0.3) is 11.1 Å². The van der Waals surface area contributed by atoms with Crippen LogP contribution in [0.4, 0.5) is 5.69 Å². The molecule has 1 N–H and O–H groups in total. The van der Waals surface area contributed by atoms with E-state index < -0.39 is 0 Å². The summed E-state index contributed by atoms with van der Waals surface area (Å²) >= 11 is 1.66. The fourth-order valence-corrected chi connectivity index (χ4v) is 3.19. The molecule has 0 heterocycles. The maximum absolute atomic E-state index is 11.3. The fraction of sp³-hybridized carbons (Fsp3) is 0.188. The predicted octanol–water partition coefficient (Wildman–Crippen LogP) is 3.94. The van der Waals surface area contributed by atoms with Crippen molar-refractivity contribution in [2.24, 2.45) is 0 Å². The van der Waals surface area contributed by atoms with Crippen LogP contribution in [0.5, 0.6) is 0 Å². The van der Waals surface area contributed by atoms with Crippen LogP contribution in [-0.2, 0) is 11.2 Å². The van der Waals surface area contributed by atoms with Crippen molar-refractivity contribution in [3.63, 3.8) is 0 Å². The van der Waals surface area contributed by atoms with Gasteiger partial charge in [0.1, 0.15) is 0 Å². The van der Waals surface area contributed by atoms with Crippen LogP contribution in [0.3, 0.4) is 0 Å². The summed E-state index contributed by atoms with van der Waals surface area (Å²) in [6.07, 6.45) is 2.99. The summed E-state index contributed by atoms with van der Waals surface area (Å²) in [7, 11) is 0. The van der Waals surface area contributed by atoms with Crippen LogP contribution < -0.4 is 5.32 Å². The molecule has 0 fully saturated rings. The summed E-state index contributed by atoms with van der Waals surface area (Å²) in [5, 5.41) is 2.92. The van der Waals surface area contributed by atoms with E-state index in [-0.39, 0.29) is 5.91 Å². The van der Waals surface area contributed by atoms with Crippen LogP contribution in [-0.4, -0.2) is 12.2 Å². The van der Waals surface area contributed by atoms with Gasteiger partial charge in [0.2, 0.25) is 5.91 Å². The van der Waals surface area contributed by atoms with Crippen molar-refractivity contribution >= 4 is 23.4 Å². The number of carbonyl (C=O) groups excluding carboxylic acids is 1. The van der Waals surface area contributed by atoms with E-state index in [1.165, 1.54) is 22.3 Å². The first-order valence-corrected chi connectivity index (χ1v) is 7.48. The van der Waals surface area contributed by atoms with E-state index in [2.05, 4.69) is 41.7 Å². The van der Waals surface area contributed by atoms with E-state index in [4.69, 9.17) is 0 Å². The molecule has 1 aliphatic carbocycles. The van der Waals surface area contributed by atoms with Crippen molar-refractivity contribution in [1.29, 1.82) is 0 Å². The third-order valence-electron chi connectivity index (χ3n) is 3.42. The fourth-order valence-electron chi connectivity index (χ4n) is 2.62. The van der Waals surface area contributed by atoms with Gasteiger partial charge in [0.05, 0.1) is 5.69 Å². The van der Waals surface area contributed by atoms with Crippen molar-refractivity contribution in [3.8, 4) is 11.1 Å². The molecule has 0 atom stereocenters. The van der Waals surface area contributed by atoms with Crippen LogP contribution in [0, 0.1) is 0 Å². The Labute approximate surface area is 117 Å². The summed E-state index contributed by atoms with van der Waals surface area (Å²) in [6, 6.07) is 12.8. The number of thioether (sulfide) groups is 1. The Kier molecular flexibility index (Phi) is 3.07. The van der Waals surface area contributed by atoms with Gasteiger partial charge in [-0.25, -0.2) is 0 Å². The lowest BCUT2D eigenvalue weighted by Crippen LogP contribution is -2.07. The zero-order chi connectivity index (χ0) is 13.4. The SMILES string of the molecule is CSc1cc2c(cc1NC(C)=O)Cc1ccccc1-2. The molecular formula is C16H15NOS. The van der Waals surface area contributed by atoms with Gasteiger partial charge in [-0.15, -0.1) is 11.8 Å². The molecule has 0 radical (unpaired) electrons. The van der Waals surface area contributed by atoms with Crippen LogP contribution >= 0.6 is 11.8 Å². The second-order valence-corrected chi connectivity index (χ2v) is 5.57. The van der Waals surface area contributed by atoms with E-state index >= 15 is 0 Å². The zero-order valence-corrected chi connectivity index (χ0v) is 11.8. The monoisotopic (exact) mass is 269 g/mol. The number of carbonyl (C=O) groups is 1. The molecule has 96 valence electrons. The highest BCUT2D eigenvalue weighted by molar-refractivity contribution is 7.98. The minimum absolute atomic E-state index is 0.0224. The normalized spacial score (nSPS) is 11.9. The summed E-state index contributed by atoms with van der Waals surface area (Å²) < 4.78 is 0. The van der Waals surface area contributed by atoms with Gasteiger partial charge in [0, 0.05) is 11.8 Å². The third-order valence-corrected chi connectivity index (χ3v) is 4.20. The lowest BCUT2D eigenvalue weighted by Gasteiger charge is -2.11. The highest BCUT2D eigenvalue weighted by Gasteiger charge is 2.20.